The molecule has 1 aromatic rings. The van der Waals surface area contributed by atoms with Gasteiger partial charge < -0.3 is 5.32 Å². The summed E-state index contributed by atoms with van der Waals surface area (Å²) in [6.07, 6.45) is 6.09. The van der Waals surface area contributed by atoms with Gasteiger partial charge in [-0.1, -0.05) is 29.8 Å². The van der Waals surface area contributed by atoms with E-state index in [2.05, 4.69) is 49.5 Å². The topological polar surface area (TPSA) is 12.0 Å². The Morgan fingerprint density at radius 3 is 2.43 bits per heavy atom. The molecule has 0 aromatic heterocycles. The minimum atomic E-state index is 1.13. The summed E-state index contributed by atoms with van der Waals surface area (Å²) < 4.78 is 0. The van der Waals surface area contributed by atoms with Crippen LogP contribution in [0.5, 0.6) is 0 Å². The maximum absolute atomic E-state index is 3.31. The number of benzene rings is 1. The van der Waals surface area contributed by atoms with Gasteiger partial charge in [-0.2, -0.15) is 0 Å². The average molecular weight is 187 g/mol. The summed E-state index contributed by atoms with van der Waals surface area (Å²) in [7, 11) is 0. The lowest BCUT2D eigenvalue weighted by molar-refractivity contribution is 1.36. The van der Waals surface area contributed by atoms with Gasteiger partial charge in [0.05, 0.1) is 0 Å². The van der Waals surface area contributed by atoms with Crippen LogP contribution in [0.1, 0.15) is 19.4 Å². The van der Waals surface area contributed by atoms with Crippen LogP contribution >= 0.6 is 0 Å². The van der Waals surface area contributed by atoms with Crippen molar-refractivity contribution in [2.75, 3.05) is 5.32 Å². The zero-order valence-corrected chi connectivity index (χ0v) is 9.04. The minimum Gasteiger partial charge on any atom is -0.359 e. The van der Waals surface area contributed by atoms with E-state index in [0.29, 0.717) is 0 Å². The molecule has 0 saturated carbocycles. The van der Waals surface area contributed by atoms with Crippen molar-refractivity contribution in [1.82, 2.24) is 0 Å². The highest BCUT2D eigenvalue weighted by molar-refractivity contribution is 5.49. The summed E-state index contributed by atoms with van der Waals surface area (Å²) in [6.45, 7) is 6.15. The Hall–Kier alpha value is -1.50. The molecule has 0 radical (unpaired) electrons. The molecule has 0 spiro atoms. The second-order valence-corrected chi connectivity index (χ2v) is 3.37. The predicted molar refractivity (Wildman–Crippen MR) is 63.4 cm³/mol. The molecule has 0 heterocycles. The van der Waals surface area contributed by atoms with E-state index in [1.807, 2.05) is 19.1 Å². The molecule has 1 aromatic carbocycles. The van der Waals surface area contributed by atoms with Crippen LogP contribution in [0.4, 0.5) is 5.69 Å². The van der Waals surface area contributed by atoms with Gasteiger partial charge in [0.15, 0.2) is 0 Å². The number of anilines is 1. The zero-order chi connectivity index (χ0) is 10.4. The van der Waals surface area contributed by atoms with Crippen molar-refractivity contribution in [2.24, 2.45) is 0 Å². The fraction of sp³-hybridized carbons (Fsp3) is 0.231. The van der Waals surface area contributed by atoms with E-state index >= 15 is 0 Å². The highest BCUT2D eigenvalue weighted by Crippen LogP contribution is 2.10. The molecule has 0 aliphatic carbocycles. The van der Waals surface area contributed by atoms with Gasteiger partial charge in [0.25, 0.3) is 0 Å². The molecule has 0 amide bonds. The summed E-state index contributed by atoms with van der Waals surface area (Å²) in [4.78, 5) is 0. The van der Waals surface area contributed by atoms with E-state index in [-0.39, 0.29) is 0 Å². The first-order chi connectivity index (χ1) is 6.72. The van der Waals surface area contributed by atoms with Crippen molar-refractivity contribution >= 4 is 5.69 Å². The Labute approximate surface area is 86.2 Å². The summed E-state index contributed by atoms with van der Waals surface area (Å²) in [5.41, 5.74) is 3.56. The predicted octanol–water partition coefficient (Wildman–Crippen LogP) is 3.89. The van der Waals surface area contributed by atoms with Gasteiger partial charge in [0.1, 0.15) is 0 Å². The fourth-order valence-corrected chi connectivity index (χ4v) is 1.15. The van der Waals surface area contributed by atoms with E-state index in [1.54, 1.807) is 0 Å². The Kier molecular flexibility index (Phi) is 3.99. The second kappa shape index (κ2) is 5.28. The van der Waals surface area contributed by atoms with Gasteiger partial charge in [-0.15, -0.1) is 0 Å². The molecular weight excluding hydrogens is 170 g/mol. The summed E-state index contributed by atoms with van der Waals surface area (Å²) in [5, 5.41) is 3.31. The number of allylic oxidation sites excluding steroid dienone is 4. The van der Waals surface area contributed by atoms with Crippen LogP contribution in [0.25, 0.3) is 0 Å². The molecule has 0 aliphatic rings. The fourth-order valence-electron chi connectivity index (χ4n) is 1.15. The number of hydrogen-bond acceptors (Lipinski definition) is 1. The minimum absolute atomic E-state index is 1.13. The maximum Gasteiger partial charge on any atom is 0.0381 e. The second-order valence-electron chi connectivity index (χ2n) is 3.37. The van der Waals surface area contributed by atoms with E-state index < -0.39 is 0 Å². The maximum atomic E-state index is 3.31. The molecular formula is C13H17N. The van der Waals surface area contributed by atoms with Gasteiger partial charge in [-0.25, -0.2) is 0 Å². The van der Waals surface area contributed by atoms with Gasteiger partial charge in [-0.05, 0) is 39.0 Å². The van der Waals surface area contributed by atoms with Crippen molar-refractivity contribution in [3.8, 4) is 0 Å². The van der Waals surface area contributed by atoms with Crippen molar-refractivity contribution in [1.29, 1.82) is 0 Å². The molecule has 0 unspecified atom stereocenters. The van der Waals surface area contributed by atoms with Crippen molar-refractivity contribution in [2.45, 2.75) is 20.8 Å². The first-order valence-electron chi connectivity index (χ1n) is 4.85. The first-order valence-corrected chi connectivity index (χ1v) is 4.85. The molecule has 1 nitrogen and oxygen atoms in total. The van der Waals surface area contributed by atoms with Gasteiger partial charge in [-0.3, -0.25) is 0 Å². The third kappa shape index (κ3) is 3.48. The third-order valence-electron chi connectivity index (χ3n) is 1.93. The molecule has 0 fully saturated rings. The van der Waals surface area contributed by atoms with E-state index in [4.69, 9.17) is 0 Å². The molecule has 1 rings (SSSR count). The Morgan fingerprint density at radius 2 is 1.86 bits per heavy atom. The molecule has 0 aliphatic heterocycles. The van der Waals surface area contributed by atoms with Crippen molar-refractivity contribution < 1.29 is 0 Å². The van der Waals surface area contributed by atoms with Crippen LogP contribution < -0.4 is 5.32 Å². The van der Waals surface area contributed by atoms with Gasteiger partial charge in [0.2, 0.25) is 0 Å². The Morgan fingerprint density at radius 1 is 1.21 bits per heavy atom. The monoisotopic (exact) mass is 187 g/mol. The molecule has 1 heteroatoms. The van der Waals surface area contributed by atoms with Crippen LogP contribution in [0.2, 0.25) is 0 Å². The Balaban J connectivity index is 2.65. The average Bonchev–Trinajstić information content (AvgIpc) is 2.18. The van der Waals surface area contributed by atoms with Gasteiger partial charge >= 0.3 is 0 Å². The molecule has 0 saturated heterocycles. The number of aryl methyl sites for hydroxylation is 1. The molecule has 0 bridgehead atoms. The highest BCUT2D eigenvalue weighted by Gasteiger charge is 1.90. The summed E-state index contributed by atoms with van der Waals surface area (Å²) in [6, 6.07) is 8.38. The third-order valence-corrected chi connectivity index (χ3v) is 1.93. The highest BCUT2D eigenvalue weighted by atomic mass is 14.9. The van der Waals surface area contributed by atoms with Crippen LogP contribution in [0, 0.1) is 6.92 Å². The summed E-state index contributed by atoms with van der Waals surface area (Å²) in [5.74, 6) is 0. The zero-order valence-electron chi connectivity index (χ0n) is 9.04. The molecule has 1 N–H and O–H groups in total. The van der Waals surface area contributed by atoms with E-state index in [1.165, 1.54) is 5.56 Å². The van der Waals surface area contributed by atoms with Gasteiger partial charge in [0, 0.05) is 11.4 Å². The lowest BCUT2D eigenvalue weighted by Crippen LogP contribution is -1.94. The SMILES string of the molecule is C/C=C\C=C(/C)Nc1ccc(C)cc1. The largest absolute Gasteiger partial charge is 0.359 e. The van der Waals surface area contributed by atoms with E-state index in [9.17, 15) is 0 Å². The smallest absolute Gasteiger partial charge is 0.0381 e. The normalized spacial score (nSPS) is 12.1. The number of hydrogen-bond donors (Lipinski definition) is 1. The first kappa shape index (κ1) is 10.6. The molecule has 14 heavy (non-hydrogen) atoms. The quantitative estimate of drug-likeness (QED) is 0.708. The molecule has 74 valence electrons. The lowest BCUT2D eigenvalue weighted by atomic mass is 10.2. The van der Waals surface area contributed by atoms with E-state index in [0.717, 1.165) is 11.4 Å². The molecule has 0 atom stereocenters. The van der Waals surface area contributed by atoms with Crippen LogP contribution in [0.15, 0.2) is 48.2 Å². The van der Waals surface area contributed by atoms with Crippen LogP contribution in [-0.2, 0) is 0 Å². The number of nitrogens with one attached hydrogen (secondary N) is 1. The van der Waals surface area contributed by atoms with Crippen molar-refractivity contribution in [3.63, 3.8) is 0 Å². The van der Waals surface area contributed by atoms with Crippen molar-refractivity contribution in [3.05, 3.63) is 53.8 Å². The Bertz CT molecular complexity index is 331. The lowest BCUT2D eigenvalue weighted by Gasteiger charge is -2.05. The summed E-state index contributed by atoms with van der Waals surface area (Å²) >= 11 is 0. The van der Waals surface area contributed by atoms with Crippen LogP contribution in [-0.4, -0.2) is 0 Å². The number of rotatable bonds is 3. The standard InChI is InChI=1S/C13H17N/c1-4-5-6-12(3)14-13-9-7-11(2)8-10-13/h4-10,14H,1-3H3/b5-4-,12-6+. The van der Waals surface area contributed by atoms with Crippen LogP contribution in [0.3, 0.4) is 0 Å².